The Morgan fingerprint density at radius 3 is 2.67 bits per heavy atom. The Balaban J connectivity index is 2.23. The van der Waals surface area contributed by atoms with Crippen molar-refractivity contribution in [3.63, 3.8) is 0 Å². The molecule has 1 atom stereocenters. The number of halogens is 1. The first-order valence-electron chi connectivity index (χ1n) is 6.25. The Bertz CT molecular complexity index is 365. The smallest absolute Gasteiger partial charge is 0.307 e. The Kier molecular flexibility index (Phi) is 6.76. The Labute approximate surface area is 113 Å². The number of carbonyl (C=O) groups is 1. The molecule has 1 aromatic rings. The number of hydrogen-bond donors (Lipinski definition) is 1. The zero-order valence-corrected chi connectivity index (χ0v) is 11.7. The van der Waals surface area contributed by atoms with Crippen molar-refractivity contribution in [2.75, 3.05) is 13.2 Å². The van der Waals surface area contributed by atoms with Gasteiger partial charge in [0.25, 0.3) is 0 Å². The minimum Gasteiger partial charge on any atom is -0.466 e. The van der Waals surface area contributed by atoms with Crippen molar-refractivity contribution >= 4 is 17.6 Å². The first kappa shape index (κ1) is 15.0. The van der Waals surface area contributed by atoms with Gasteiger partial charge in [-0.05, 0) is 38.0 Å². The van der Waals surface area contributed by atoms with Crippen molar-refractivity contribution in [1.29, 1.82) is 0 Å². The van der Waals surface area contributed by atoms with Crippen LogP contribution in [0.4, 0.5) is 0 Å². The predicted octanol–water partition coefficient (Wildman–Crippen LogP) is 2.81. The zero-order valence-electron chi connectivity index (χ0n) is 10.9. The van der Waals surface area contributed by atoms with Crippen LogP contribution in [0.2, 0.25) is 5.02 Å². The van der Waals surface area contributed by atoms with Crippen LogP contribution >= 0.6 is 11.6 Å². The van der Waals surface area contributed by atoms with Gasteiger partial charge in [-0.2, -0.15) is 0 Å². The normalized spacial score (nSPS) is 12.2. The van der Waals surface area contributed by atoms with Crippen molar-refractivity contribution < 1.29 is 9.53 Å². The van der Waals surface area contributed by atoms with E-state index in [0.29, 0.717) is 25.6 Å². The van der Waals surface area contributed by atoms with Crippen LogP contribution < -0.4 is 5.32 Å². The van der Waals surface area contributed by atoms with Crippen molar-refractivity contribution in [2.24, 2.45) is 0 Å². The van der Waals surface area contributed by atoms with Crippen molar-refractivity contribution in [3.05, 3.63) is 34.9 Å². The van der Waals surface area contributed by atoms with Gasteiger partial charge in [-0.1, -0.05) is 23.7 Å². The van der Waals surface area contributed by atoms with E-state index < -0.39 is 0 Å². The lowest BCUT2D eigenvalue weighted by molar-refractivity contribution is -0.142. The zero-order chi connectivity index (χ0) is 13.4. The molecule has 1 aromatic carbocycles. The fourth-order valence-corrected chi connectivity index (χ4v) is 1.83. The van der Waals surface area contributed by atoms with Gasteiger partial charge in [0.1, 0.15) is 0 Å². The molecule has 0 fully saturated rings. The number of benzene rings is 1. The lowest BCUT2D eigenvalue weighted by Gasteiger charge is -2.13. The largest absolute Gasteiger partial charge is 0.466 e. The molecular weight excluding hydrogens is 250 g/mol. The van der Waals surface area contributed by atoms with Gasteiger partial charge in [-0.15, -0.1) is 0 Å². The third-order valence-electron chi connectivity index (χ3n) is 2.58. The van der Waals surface area contributed by atoms with Gasteiger partial charge in [0.2, 0.25) is 0 Å². The maximum Gasteiger partial charge on any atom is 0.307 e. The highest BCUT2D eigenvalue weighted by molar-refractivity contribution is 6.30. The van der Waals surface area contributed by atoms with Gasteiger partial charge in [0.05, 0.1) is 13.0 Å². The van der Waals surface area contributed by atoms with E-state index in [1.54, 1.807) is 0 Å². The summed E-state index contributed by atoms with van der Waals surface area (Å²) < 4.78 is 4.86. The second-order valence-electron chi connectivity index (χ2n) is 4.24. The molecule has 0 saturated carbocycles. The summed E-state index contributed by atoms with van der Waals surface area (Å²) in [7, 11) is 0. The van der Waals surface area contributed by atoms with Crippen LogP contribution in [0.3, 0.4) is 0 Å². The fraction of sp³-hybridized carbons (Fsp3) is 0.500. The summed E-state index contributed by atoms with van der Waals surface area (Å²) >= 11 is 5.83. The van der Waals surface area contributed by atoms with Crippen LogP contribution in [0.15, 0.2) is 24.3 Å². The molecule has 1 rings (SSSR count). The SMILES string of the molecule is CCOC(=O)CCNC(C)Cc1ccc(Cl)cc1. The van der Waals surface area contributed by atoms with E-state index in [1.165, 1.54) is 5.56 Å². The maximum atomic E-state index is 11.1. The molecule has 0 aromatic heterocycles. The van der Waals surface area contributed by atoms with Crippen LogP contribution in [0, 0.1) is 0 Å². The summed E-state index contributed by atoms with van der Waals surface area (Å²) in [4.78, 5) is 11.1. The average molecular weight is 270 g/mol. The second kappa shape index (κ2) is 8.11. The summed E-state index contributed by atoms with van der Waals surface area (Å²) in [5, 5.41) is 4.05. The standard InChI is InChI=1S/C14H20ClNO2/c1-3-18-14(17)8-9-16-11(2)10-12-4-6-13(15)7-5-12/h4-7,11,16H,3,8-10H2,1-2H3. The number of hydrogen-bond acceptors (Lipinski definition) is 3. The van der Waals surface area contributed by atoms with Gasteiger partial charge in [0.15, 0.2) is 0 Å². The summed E-state index contributed by atoms with van der Waals surface area (Å²) in [5.74, 6) is -0.149. The van der Waals surface area contributed by atoms with Crippen LogP contribution in [-0.2, 0) is 16.0 Å². The Hall–Kier alpha value is -1.06. The molecule has 0 aliphatic heterocycles. The molecule has 100 valence electrons. The lowest BCUT2D eigenvalue weighted by Crippen LogP contribution is -2.30. The lowest BCUT2D eigenvalue weighted by atomic mass is 10.1. The summed E-state index contributed by atoms with van der Waals surface area (Å²) in [6, 6.07) is 8.14. The van der Waals surface area contributed by atoms with E-state index >= 15 is 0 Å². The molecule has 0 radical (unpaired) electrons. The van der Waals surface area contributed by atoms with Gasteiger partial charge >= 0.3 is 5.97 Å². The highest BCUT2D eigenvalue weighted by Crippen LogP contribution is 2.10. The molecule has 4 heteroatoms. The first-order valence-corrected chi connectivity index (χ1v) is 6.63. The minimum atomic E-state index is -0.149. The predicted molar refractivity (Wildman–Crippen MR) is 73.9 cm³/mol. The Morgan fingerprint density at radius 1 is 1.39 bits per heavy atom. The molecule has 0 spiro atoms. The molecule has 18 heavy (non-hydrogen) atoms. The molecule has 3 nitrogen and oxygen atoms in total. The van der Waals surface area contributed by atoms with Crippen LogP contribution in [0.25, 0.3) is 0 Å². The van der Waals surface area contributed by atoms with E-state index in [2.05, 4.69) is 12.2 Å². The van der Waals surface area contributed by atoms with Crippen molar-refractivity contribution in [3.8, 4) is 0 Å². The topological polar surface area (TPSA) is 38.3 Å². The number of rotatable bonds is 7. The Morgan fingerprint density at radius 2 is 2.06 bits per heavy atom. The van der Waals surface area contributed by atoms with E-state index in [9.17, 15) is 4.79 Å². The van der Waals surface area contributed by atoms with E-state index in [1.807, 2.05) is 31.2 Å². The molecule has 0 bridgehead atoms. The summed E-state index contributed by atoms with van der Waals surface area (Å²) in [6.07, 6.45) is 1.33. The van der Waals surface area contributed by atoms with Gasteiger partial charge in [0, 0.05) is 17.6 Å². The van der Waals surface area contributed by atoms with Crippen LogP contribution in [0.1, 0.15) is 25.8 Å². The van der Waals surface area contributed by atoms with E-state index in [4.69, 9.17) is 16.3 Å². The molecule has 0 aliphatic carbocycles. The highest BCUT2D eigenvalue weighted by atomic mass is 35.5. The first-order chi connectivity index (χ1) is 8.61. The van der Waals surface area contributed by atoms with Crippen LogP contribution in [0.5, 0.6) is 0 Å². The molecule has 1 unspecified atom stereocenters. The number of ether oxygens (including phenoxy) is 1. The van der Waals surface area contributed by atoms with Gasteiger partial charge in [-0.25, -0.2) is 0 Å². The molecule has 0 saturated heterocycles. The van der Waals surface area contributed by atoms with Crippen molar-refractivity contribution in [2.45, 2.75) is 32.7 Å². The minimum absolute atomic E-state index is 0.149. The number of nitrogens with one attached hydrogen (secondary N) is 1. The fourth-order valence-electron chi connectivity index (χ4n) is 1.70. The van der Waals surface area contributed by atoms with Crippen molar-refractivity contribution in [1.82, 2.24) is 5.32 Å². The van der Waals surface area contributed by atoms with E-state index in [-0.39, 0.29) is 5.97 Å². The van der Waals surface area contributed by atoms with Gasteiger partial charge in [-0.3, -0.25) is 4.79 Å². The molecule has 0 aliphatic rings. The molecule has 1 N–H and O–H groups in total. The third kappa shape index (κ3) is 6.03. The van der Waals surface area contributed by atoms with E-state index in [0.717, 1.165) is 11.4 Å². The molecule has 0 heterocycles. The monoisotopic (exact) mass is 269 g/mol. The molecular formula is C14H20ClNO2. The number of carbonyl (C=O) groups excluding carboxylic acids is 1. The van der Waals surface area contributed by atoms with Gasteiger partial charge < -0.3 is 10.1 Å². The average Bonchev–Trinajstić information content (AvgIpc) is 2.32. The molecule has 0 amide bonds. The second-order valence-corrected chi connectivity index (χ2v) is 4.68. The quantitative estimate of drug-likeness (QED) is 0.774. The maximum absolute atomic E-state index is 11.1. The third-order valence-corrected chi connectivity index (χ3v) is 2.83. The summed E-state index contributed by atoms with van der Waals surface area (Å²) in [6.45, 7) is 5.00. The van der Waals surface area contributed by atoms with Crippen LogP contribution in [-0.4, -0.2) is 25.2 Å². The number of esters is 1. The summed E-state index contributed by atoms with van der Waals surface area (Å²) in [5.41, 5.74) is 1.23. The highest BCUT2D eigenvalue weighted by Gasteiger charge is 2.05.